The minimum atomic E-state index is -0.585. The first-order valence-corrected chi connectivity index (χ1v) is 7.21. The van der Waals surface area contributed by atoms with Gasteiger partial charge in [0.1, 0.15) is 0 Å². The molecule has 0 aromatic rings. The van der Waals surface area contributed by atoms with Crippen molar-refractivity contribution >= 4 is 0 Å². The third-order valence-electron chi connectivity index (χ3n) is 4.53. The van der Waals surface area contributed by atoms with E-state index >= 15 is 0 Å². The Kier molecular flexibility index (Phi) is 4.95. The molecular formula is C13H25N3O4. The molecule has 2 fully saturated rings. The van der Waals surface area contributed by atoms with Gasteiger partial charge in [-0.15, -0.1) is 0 Å². The van der Waals surface area contributed by atoms with E-state index in [2.05, 4.69) is 10.2 Å². The Hall–Kier alpha value is -0.760. The third-order valence-corrected chi connectivity index (χ3v) is 4.53. The van der Waals surface area contributed by atoms with Crippen molar-refractivity contribution in [2.75, 3.05) is 33.4 Å². The number of nitrogens with one attached hydrogen (secondary N) is 1. The first-order valence-electron chi connectivity index (χ1n) is 7.21. The number of rotatable bonds is 4. The van der Waals surface area contributed by atoms with Crippen LogP contribution in [0.15, 0.2) is 0 Å². The van der Waals surface area contributed by atoms with Gasteiger partial charge in [-0.05, 0) is 20.3 Å². The average Bonchev–Trinajstić information content (AvgIpc) is 2.47. The minimum absolute atomic E-state index is 0.0366. The Morgan fingerprint density at radius 1 is 1.45 bits per heavy atom. The Bertz CT molecular complexity index is 343. The van der Waals surface area contributed by atoms with Crippen molar-refractivity contribution in [2.24, 2.45) is 0 Å². The fourth-order valence-corrected chi connectivity index (χ4v) is 2.87. The molecule has 0 aliphatic carbocycles. The maximum Gasteiger partial charge on any atom is 0.266 e. The summed E-state index contributed by atoms with van der Waals surface area (Å²) >= 11 is 0. The molecule has 0 spiro atoms. The molecule has 1 N–H and O–H groups in total. The summed E-state index contributed by atoms with van der Waals surface area (Å²) in [5.41, 5.74) is -0.315. The second-order valence-electron chi connectivity index (χ2n) is 6.10. The maximum atomic E-state index is 10.8. The summed E-state index contributed by atoms with van der Waals surface area (Å²) in [5.74, 6) is 0. The van der Waals surface area contributed by atoms with Crippen LogP contribution in [0, 0.1) is 10.1 Å². The third kappa shape index (κ3) is 3.46. The quantitative estimate of drug-likeness (QED) is 0.598. The zero-order chi connectivity index (χ0) is 14.8. The van der Waals surface area contributed by atoms with Gasteiger partial charge < -0.3 is 9.47 Å². The average molecular weight is 287 g/mol. The topological polar surface area (TPSA) is 76.9 Å². The first-order chi connectivity index (χ1) is 9.44. The van der Waals surface area contributed by atoms with Crippen LogP contribution in [-0.4, -0.2) is 67.1 Å². The lowest BCUT2D eigenvalue weighted by Crippen LogP contribution is -2.59. The lowest BCUT2D eigenvalue weighted by atomic mass is 9.97. The predicted octanol–water partition coefficient (Wildman–Crippen LogP) is 0.467. The molecule has 2 aliphatic heterocycles. The molecule has 0 amide bonds. The molecule has 7 heteroatoms. The molecule has 2 aliphatic rings. The molecule has 3 unspecified atom stereocenters. The highest BCUT2D eigenvalue weighted by atomic mass is 16.6. The van der Waals surface area contributed by atoms with E-state index in [4.69, 9.17) is 9.47 Å². The molecule has 2 saturated heterocycles. The zero-order valence-corrected chi connectivity index (χ0v) is 12.5. The van der Waals surface area contributed by atoms with E-state index < -0.39 is 6.17 Å². The van der Waals surface area contributed by atoms with Crippen molar-refractivity contribution in [3.63, 3.8) is 0 Å². The second kappa shape index (κ2) is 6.34. The van der Waals surface area contributed by atoms with Crippen LogP contribution in [0.25, 0.3) is 0 Å². The summed E-state index contributed by atoms with van der Waals surface area (Å²) in [6.45, 7) is 7.12. The van der Waals surface area contributed by atoms with Gasteiger partial charge in [0.2, 0.25) is 0 Å². The first kappa shape index (κ1) is 15.6. The monoisotopic (exact) mass is 287 g/mol. The van der Waals surface area contributed by atoms with Crippen LogP contribution < -0.4 is 5.32 Å². The fourth-order valence-electron chi connectivity index (χ4n) is 2.87. The predicted molar refractivity (Wildman–Crippen MR) is 74.2 cm³/mol. The summed E-state index contributed by atoms with van der Waals surface area (Å²) in [4.78, 5) is 12.9. The standard InChI is InChI=1S/C13H25N3O4/c1-13(2,19-3)11-9-15(6-7-20-11)10-4-5-12(14-8-10)16(17)18/h10-12,14H,4-9H2,1-3H3. The molecule has 116 valence electrons. The Labute approximate surface area is 119 Å². The fraction of sp³-hybridized carbons (Fsp3) is 1.00. The van der Waals surface area contributed by atoms with Crippen molar-refractivity contribution < 1.29 is 14.4 Å². The highest BCUT2D eigenvalue weighted by Crippen LogP contribution is 2.24. The van der Waals surface area contributed by atoms with Crippen LogP contribution in [0.2, 0.25) is 0 Å². The Morgan fingerprint density at radius 3 is 2.75 bits per heavy atom. The molecule has 0 bridgehead atoms. The molecule has 7 nitrogen and oxygen atoms in total. The molecule has 2 heterocycles. The lowest BCUT2D eigenvalue weighted by molar-refractivity contribution is -0.532. The molecule has 3 atom stereocenters. The van der Waals surface area contributed by atoms with E-state index in [1.165, 1.54) is 0 Å². The van der Waals surface area contributed by atoms with Crippen LogP contribution in [0.1, 0.15) is 26.7 Å². The van der Waals surface area contributed by atoms with Crippen LogP contribution in [0.4, 0.5) is 0 Å². The summed E-state index contributed by atoms with van der Waals surface area (Å²) < 4.78 is 11.3. The number of hydrogen-bond acceptors (Lipinski definition) is 6. The van der Waals surface area contributed by atoms with Gasteiger partial charge in [-0.1, -0.05) is 0 Å². The summed E-state index contributed by atoms with van der Waals surface area (Å²) in [5, 5.41) is 13.8. The van der Waals surface area contributed by atoms with Crippen molar-refractivity contribution in [1.82, 2.24) is 10.2 Å². The highest BCUT2D eigenvalue weighted by Gasteiger charge is 2.38. The van der Waals surface area contributed by atoms with Crippen molar-refractivity contribution in [1.29, 1.82) is 0 Å². The maximum absolute atomic E-state index is 10.8. The van der Waals surface area contributed by atoms with Gasteiger partial charge in [0.05, 0.1) is 18.3 Å². The van der Waals surface area contributed by atoms with E-state index in [9.17, 15) is 10.1 Å². The molecule has 0 saturated carbocycles. The molecular weight excluding hydrogens is 262 g/mol. The van der Waals surface area contributed by atoms with E-state index in [1.807, 2.05) is 13.8 Å². The summed E-state index contributed by atoms with van der Waals surface area (Å²) in [6.07, 6.45) is 0.902. The Balaban J connectivity index is 1.89. The van der Waals surface area contributed by atoms with Gasteiger partial charge >= 0.3 is 0 Å². The SMILES string of the molecule is COC(C)(C)C1CN(C2CCC([N+](=O)[O-])NC2)CCO1. The van der Waals surface area contributed by atoms with Gasteiger partial charge in [-0.25, -0.2) is 0 Å². The van der Waals surface area contributed by atoms with Gasteiger partial charge in [0.15, 0.2) is 0 Å². The smallest absolute Gasteiger partial charge is 0.266 e. The van der Waals surface area contributed by atoms with Crippen LogP contribution >= 0.6 is 0 Å². The van der Waals surface area contributed by atoms with Crippen molar-refractivity contribution in [3.05, 3.63) is 10.1 Å². The lowest BCUT2D eigenvalue weighted by Gasteiger charge is -2.44. The van der Waals surface area contributed by atoms with Gasteiger partial charge in [-0.2, -0.15) is 0 Å². The normalized spacial score (nSPS) is 33.0. The number of ether oxygens (including phenoxy) is 2. The summed E-state index contributed by atoms with van der Waals surface area (Å²) in [7, 11) is 1.70. The molecule has 0 aromatic heterocycles. The minimum Gasteiger partial charge on any atom is -0.376 e. The van der Waals surface area contributed by atoms with E-state index in [0.29, 0.717) is 25.6 Å². The highest BCUT2D eigenvalue weighted by molar-refractivity contribution is 4.90. The van der Waals surface area contributed by atoms with E-state index in [0.717, 1.165) is 19.5 Å². The number of nitrogens with zero attached hydrogens (tertiary/aromatic N) is 2. The number of methoxy groups -OCH3 is 1. The number of morpholine rings is 1. The molecule has 0 radical (unpaired) electrons. The number of nitro groups is 1. The van der Waals surface area contributed by atoms with Crippen molar-refractivity contribution in [2.45, 2.75) is 50.6 Å². The van der Waals surface area contributed by atoms with E-state index in [1.54, 1.807) is 7.11 Å². The molecule has 0 aromatic carbocycles. The van der Waals surface area contributed by atoms with E-state index in [-0.39, 0.29) is 16.6 Å². The largest absolute Gasteiger partial charge is 0.376 e. The molecule has 20 heavy (non-hydrogen) atoms. The molecule has 2 rings (SSSR count). The van der Waals surface area contributed by atoms with Gasteiger partial charge in [0, 0.05) is 44.1 Å². The van der Waals surface area contributed by atoms with Crippen LogP contribution in [0.5, 0.6) is 0 Å². The van der Waals surface area contributed by atoms with Gasteiger partial charge in [0.25, 0.3) is 6.17 Å². The number of piperidine rings is 1. The summed E-state index contributed by atoms with van der Waals surface area (Å²) in [6, 6.07) is 0.352. The van der Waals surface area contributed by atoms with Crippen LogP contribution in [0.3, 0.4) is 0 Å². The number of hydrogen-bond donors (Lipinski definition) is 1. The van der Waals surface area contributed by atoms with Gasteiger partial charge in [-0.3, -0.25) is 20.3 Å². The Morgan fingerprint density at radius 2 is 2.20 bits per heavy atom. The second-order valence-corrected chi connectivity index (χ2v) is 6.10. The zero-order valence-electron chi connectivity index (χ0n) is 12.5. The van der Waals surface area contributed by atoms with Crippen LogP contribution in [-0.2, 0) is 9.47 Å². The van der Waals surface area contributed by atoms with Crippen molar-refractivity contribution in [3.8, 4) is 0 Å².